The minimum Gasteiger partial charge on any atom is -0.497 e. The zero-order valence-corrected chi connectivity index (χ0v) is 17.7. The largest absolute Gasteiger partial charge is 0.497 e. The molecule has 0 saturated carbocycles. The summed E-state index contributed by atoms with van der Waals surface area (Å²) in [5.74, 6) is 2.27. The molecule has 0 aliphatic heterocycles. The van der Waals surface area contributed by atoms with Gasteiger partial charge in [-0.2, -0.15) is 0 Å². The molecule has 10 heteroatoms. The number of methoxy groups -OCH3 is 2. The van der Waals surface area contributed by atoms with Gasteiger partial charge in [-0.05, 0) is 30.0 Å². The van der Waals surface area contributed by atoms with Crippen molar-refractivity contribution in [3.8, 4) is 11.5 Å². The van der Waals surface area contributed by atoms with Crippen molar-refractivity contribution in [2.24, 2.45) is 7.05 Å². The van der Waals surface area contributed by atoms with Gasteiger partial charge in [0.2, 0.25) is 11.7 Å². The molecule has 0 unspecified atom stereocenters. The van der Waals surface area contributed by atoms with Crippen LogP contribution in [0.5, 0.6) is 11.5 Å². The highest BCUT2D eigenvalue weighted by Gasteiger charge is 2.16. The van der Waals surface area contributed by atoms with E-state index in [1.54, 1.807) is 39.5 Å². The maximum Gasteiger partial charge on any atom is 0.272 e. The first-order chi connectivity index (χ1) is 14.5. The second-order valence-electron chi connectivity index (χ2n) is 6.72. The third kappa shape index (κ3) is 3.50. The first-order valence-electron chi connectivity index (χ1n) is 9.35. The summed E-state index contributed by atoms with van der Waals surface area (Å²) >= 11 is 1.40. The number of benzene rings is 1. The number of aromatic nitrogens is 4. The van der Waals surface area contributed by atoms with Crippen LogP contribution in [0.1, 0.15) is 18.7 Å². The second-order valence-corrected chi connectivity index (χ2v) is 7.63. The molecule has 0 aliphatic rings. The molecule has 156 valence electrons. The molecule has 0 fully saturated rings. The van der Waals surface area contributed by atoms with E-state index in [9.17, 15) is 9.59 Å². The molecule has 4 rings (SSSR count). The number of carbonyl (C=O) groups excluding carboxylic acids is 1. The second kappa shape index (κ2) is 8.15. The quantitative estimate of drug-likeness (QED) is 0.487. The van der Waals surface area contributed by atoms with Crippen molar-refractivity contribution in [3.63, 3.8) is 0 Å². The third-order valence-corrected chi connectivity index (χ3v) is 5.77. The van der Waals surface area contributed by atoms with Crippen LogP contribution in [-0.2, 0) is 18.3 Å². The molecule has 1 aromatic carbocycles. The van der Waals surface area contributed by atoms with Crippen LogP contribution in [-0.4, -0.2) is 39.3 Å². The maximum atomic E-state index is 12.4. The Morgan fingerprint density at radius 1 is 1.20 bits per heavy atom. The summed E-state index contributed by atoms with van der Waals surface area (Å²) in [6, 6.07) is 7.12. The van der Waals surface area contributed by atoms with Crippen LogP contribution >= 0.6 is 11.3 Å². The molecule has 0 atom stereocenters. The van der Waals surface area contributed by atoms with Crippen molar-refractivity contribution >= 4 is 38.9 Å². The van der Waals surface area contributed by atoms with Crippen LogP contribution in [0.3, 0.4) is 0 Å². The highest BCUT2D eigenvalue weighted by Crippen LogP contribution is 2.29. The van der Waals surface area contributed by atoms with E-state index in [-0.39, 0.29) is 11.5 Å². The summed E-state index contributed by atoms with van der Waals surface area (Å²) in [7, 11) is 4.80. The van der Waals surface area contributed by atoms with Crippen molar-refractivity contribution < 1.29 is 14.3 Å². The number of ether oxygens (including phenoxy) is 2. The Morgan fingerprint density at radius 3 is 2.80 bits per heavy atom. The minimum absolute atomic E-state index is 0.0851. The van der Waals surface area contributed by atoms with Gasteiger partial charge in [0.1, 0.15) is 22.0 Å². The van der Waals surface area contributed by atoms with E-state index in [1.165, 1.54) is 15.9 Å². The predicted molar refractivity (Wildman–Crippen MR) is 115 cm³/mol. The van der Waals surface area contributed by atoms with Gasteiger partial charge >= 0.3 is 0 Å². The number of rotatable bonds is 7. The SMILES string of the molecule is COc1ccc(OC)c(NC(=O)CCCc2nnc3n(C)c(=O)c4sccc4n23)c1. The zero-order valence-electron chi connectivity index (χ0n) is 16.8. The topological polar surface area (TPSA) is 99.8 Å². The average molecular weight is 427 g/mol. The predicted octanol–water partition coefficient (Wildman–Crippen LogP) is 2.62. The normalized spacial score (nSPS) is 11.2. The molecule has 3 aromatic heterocycles. The molecule has 9 nitrogen and oxygen atoms in total. The highest BCUT2D eigenvalue weighted by molar-refractivity contribution is 7.17. The maximum absolute atomic E-state index is 12.4. The number of aryl methyl sites for hydroxylation is 2. The van der Waals surface area contributed by atoms with Gasteiger partial charge in [-0.25, -0.2) is 0 Å². The molecule has 3 heterocycles. The van der Waals surface area contributed by atoms with Gasteiger partial charge in [0.05, 0.1) is 25.4 Å². The van der Waals surface area contributed by atoms with Crippen molar-refractivity contribution in [3.05, 3.63) is 45.8 Å². The Hall–Kier alpha value is -3.40. The van der Waals surface area contributed by atoms with E-state index in [0.29, 0.717) is 46.9 Å². The van der Waals surface area contributed by atoms with E-state index in [0.717, 1.165) is 11.3 Å². The van der Waals surface area contributed by atoms with Crippen LogP contribution in [0.25, 0.3) is 16.0 Å². The summed E-state index contributed by atoms with van der Waals surface area (Å²) in [5.41, 5.74) is 1.27. The fourth-order valence-electron chi connectivity index (χ4n) is 3.35. The molecule has 0 spiro atoms. The molecular formula is C20H21N5O4S. The fraction of sp³-hybridized carbons (Fsp3) is 0.300. The number of amides is 1. The lowest BCUT2D eigenvalue weighted by molar-refractivity contribution is -0.116. The number of thiophene rings is 1. The Morgan fingerprint density at radius 2 is 2.03 bits per heavy atom. The van der Waals surface area contributed by atoms with Crippen molar-refractivity contribution in [1.29, 1.82) is 0 Å². The zero-order chi connectivity index (χ0) is 21.3. The van der Waals surface area contributed by atoms with Crippen LogP contribution in [0.15, 0.2) is 34.4 Å². The molecule has 1 amide bonds. The molecule has 0 radical (unpaired) electrons. The fourth-order valence-corrected chi connectivity index (χ4v) is 4.20. The Labute approximate surface area is 175 Å². The van der Waals surface area contributed by atoms with Crippen LogP contribution < -0.4 is 20.3 Å². The molecule has 0 saturated heterocycles. The van der Waals surface area contributed by atoms with Gasteiger partial charge in [-0.3, -0.25) is 18.6 Å². The number of carbonyl (C=O) groups is 1. The van der Waals surface area contributed by atoms with Crippen LogP contribution in [0.2, 0.25) is 0 Å². The number of fused-ring (bicyclic) bond motifs is 3. The van der Waals surface area contributed by atoms with Crippen LogP contribution in [0.4, 0.5) is 5.69 Å². The third-order valence-electron chi connectivity index (χ3n) is 4.88. The molecular weight excluding hydrogens is 406 g/mol. The van der Waals surface area contributed by atoms with E-state index in [1.807, 2.05) is 15.8 Å². The van der Waals surface area contributed by atoms with E-state index in [4.69, 9.17) is 9.47 Å². The molecule has 1 N–H and O–H groups in total. The Balaban J connectivity index is 1.48. The standard InChI is InChI=1S/C20H21N5O4S/c1-24-19(27)18-14(9-10-30-18)25-16(22-23-20(24)25)5-4-6-17(26)21-13-11-12(28-2)7-8-15(13)29-3/h7-11H,4-6H2,1-3H3,(H,21,26). The lowest BCUT2D eigenvalue weighted by Gasteiger charge is -2.11. The lowest BCUT2D eigenvalue weighted by Crippen LogP contribution is -2.19. The number of nitrogens with one attached hydrogen (secondary N) is 1. The smallest absolute Gasteiger partial charge is 0.272 e. The van der Waals surface area contributed by atoms with E-state index in [2.05, 4.69) is 15.5 Å². The van der Waals surface area contributed by atoms with E-state index >= 15 is 0 Å². The summed E-state index contributed by atoms with van der Waals surface area (Å²) in [4.78, 5) is 24.9. The summed E-state index contributed by atoms with van der Waals surface area (Å²) < 4.78 is 14.5. The Kier molecular flexibility index (Phi) is 5.40. The number of nitrogens with zero attached hydrogens (tertiary/aromatic N) is 4. The minimum atomic E-state index is -0.136. The van der Waals surface area contributed by atoms with Gasteiger partial charge in [-0.15, -0.1) is 21.5 Å². The number of anilines is 1. The van der Waals surface area contributed by atoms with Crippen molar-refractivity contribution in [1.82, 2.24) is 19.2 Å². The van der Waals surface area contributed by atoms with Crippen LogP contribution in [0, 0.1) is 0 Å². The highest BCUT2D eigenvalue weighted by atomic mass is 32.1. The Bertz CT molecular complexity index is 1290. The summed E-state index contributed by atoms with van der Waals surface area (Å²) in [6.07, 6.45) is 1.42. The molecule has 30 heavy (non-hydrogen) atoms. The monoisotopic (exact) mass is 427 g/mol. The first-order valence-corrected chi connectivity index (χ1v) is 10.2. The average Bonchev–Trinajstić information content (AvgIpc) is 3.39. The lowest BCUT2D eigenvalue weighted by atomic mass is 10.2. The number of hydrogen-bond donors (Lipinski definition) is 1. The molecule has 0 bridgehead atoms. The van der Waals surface area contributed by atoms with E-state index < -0.39 is 0 Å². The van der Waals surface area contributed by atoms with Crippen molar-refractivity contribution in [2.75, 3.05) is 19.5 Å². The van der Waals surface area contributed by atoms with Gasteiger partial charge in [-0.1, -0.05) is 0 Å². The van der Waals surface area contributed by atoms with Gasteiger partial charge in [0, 0.05) is 26.0 Å². The van der Waals surface area contributed by atoms with Crippen molar-refractivity contribution in [2.45, 2.75) is 19.3 Å². The van der Waals surface area contributed by atoms with Gasteiger partial charge in [0.15, 0.2) is 0 Å². The summed E-state index contributed by atoms with van der Waals surface area (Å²) in [5, 5.41) is 13.2. The molecule has 4 aromatic rings. The molecule has 0 aliphatic carbocycles. The van der Waals surface area contributed by atoms with Gasteiger partial charge in [0.25, 0.3) is 5.56 Å². The van der Waals surface area contributed by atoms with Gasteiger partial charge < -0.3 is 14.8 Å². The number of hydrogen-bond acceptors (Lipinski definition) is 7. The summed E-state index contributed by atoms with van der Waals surface area (Å²) in [6.45, 7) is 0. The first kappa shape index (κ1) is 19.9.